The van der Waals surface area contributed by atoms with Crippen LogP contribution < -0.4 is 4.74 Å². The molecule has 0 radical (unpaired) electrons. The Morgan fingerprint density at radius 2 is 2.05 bits per heavy atom. The van der Waals surface area contributed by atoms with Gasteiger partial charge in [-0.1, -0.05) is 17.9 Å². The second-order valence-corrected chi connectivity index (χ2v) is 9.44. The van der Waals surface area contributed by atoms with E-state index in [9.17, 15) is 23.1 Å². The summed E-state index contributed by atoms with van der Waals surface area (Å²) in [6, 6.07) is 11.7. The molecule has 0 bridgehead atoms. The van der Waals surface area contributed by atoms with Gasteiger partial charge in [0.1, 0.15) is 11.9 Å². The highest BCUT2D eigenvalue weighted by molar-refractivity contribution is 5.83. The van der Waals surface area contributed by atoms with Crippen molar-refractivity contribution < 1.29 is 32.2 Å². The van der Waals surface area contributed by atoms with Gasteiger partial charge in [-0.15, -0.1) is 0 Å². The van der Waals surface area contributed by atoms with Crippen molar-refractivity contribution >= 4 is 16.9 Å². The predicted octanol–water partition coefficient (Wildman–Crippen LogP) is 6.13. The number of hydrogen-bond donors (Lipinski definition) is 1. The van der Waals surface area contributed by atoms with Crippen LogP contribution in [-0.4, -0.2) is 47.7 Å². The summed E-state index contributed by atoms with van der Waals surface area (Å²) in [4.78, 5) is 18.2. The maximum atomic E-state index is 15.4. The first-order valence-electron chi connectivity index (χ1n) is 12.3. The summed E-state index contributed by atoms with van der Waals surface area (Å²) in [6.07, 6.45) is -2.99. The van der Waals surface area contributed by atoms with Crippen LogP contribution in [0.4, 0.5) is 17.6 Å². The minimum Gasteiger partial charge on any atom is -0.497 e. The fourth-order valence-electron chi connectivity index (χ4n) is 4.93. The normalized spacial score (nSPS) is 19.0. The molecule has 0 unspecified atom stereocenters. The molecule has 0 saturated carbocycles. The number of piperidine rings is 1. The van der Waals surface area contributed by atoms with E-state index in [0.717, 1.165) is 12.1 Å². The smallest absolute Gasteiger partial charge is 0.416 e. The van der Waals surface area contributed by atoms with E-state index in [1.54, 1.807) is 37.6 Å². The highest BCUT2D eigenvalue weighted by Crippen LogP contribution is 2.35. The van der Waals surface area contributed by atoms with Crippen LogP contribution in [0.3, 0.4) is 0 Å². The van der Waals surface area contributed by atoms with Gasteiger partial charge in [0.05, 0.1) is 30.7 Å². The van der Waals surface area contributed by atoms with Crippen LogP contribution in [0, 0.1) is 23.7 Å². The Balaban J connectivity index is 1.37. The molecule has 1 aromatic heterocycles. The average Bonchev–Trinajstić information content (AvgIpc) is 2.91. The summed E-state index contributed by atoms with van der Waals surface area (Å²) in [6.45, 7) is 1.07. The second-order valence-electron chi connectivity index (χ2n) is 9.44. The molecule has 5 nitrogen and oxygen atoms in total. The number of ether oxygens (including phenoxy) is 1. The van der Waals surface area contributed by atoms with Crippen molar-refractivity contribution in [3.63, 3.8) is 0 Å². The van der Waals surface area contributed by atoms with E-state index in [-0.39, 0.29) is 31.0 Å². The van der Waals surface area contributed by atoms with E-state index in [0.29, 0.717) is 41.6 Å². The molecule has 0 aliphatic carbocycles. The third-order valence-electron chi connectivity index (χ3n) is 6.99. The summed E-state index contributed by atoms with van der Waals surface area (Å²) in [5.74, 6) is 4.39. The number of pyridine rings is 1. The molecule has 1 aliphatic rings. The van der Waals surface area contributed by atoms with E-state index in [2.05, 4.69) is 16.8 Å². The largest absolute Gasteiger partial charge is 0.497 e. The Morgan fingerprint density at radius 1 is 1.24 bits per heavy atom. The van der Waals surface area contributed by atoms with Gasteiger partial charge in [0.2, 0.25) is 0 Å². The topological polar surface area (TPSA) is 62.7 Å². The molecule has 4 rings (SSSR count). The number of nitrogens with zero attached hydrogens (tertiary/aromatic N) is 2. The quantitative estimate of drug-likeness (QED) is 0.295. The zero-order valence-electron chi connectivity index (χ0n) is 20.8. The molecule has 1 saturated heterocycles. The lowest BCUT2D eigenvalue weighted by atomic mass is 9.81. The molecule has 1 aliphatic heterocycles. The number of hydrogen-bond acceptors (Lipinski definition) is 4. The Hall–Kier alpha value is -3.64. The van der Waals surface area contributed by atoms with E-state index in [4.69, 9.17) is 4.74 Å². The lowest BCUT2D eigenvalue weighted by molar-refractivity contribution is -0.146. The fourth-order valence-corrected chi connectivity index (χ4v) is 4.93. The number of aliphatic carboxylic acids is 1. The maximum Gasteiger partial charge on any atom is 0.416 e. The summed E-state index contributed by atoms with van der Waals surface area (Å²) in [5.41, 5.74) is 0.651. The number of aromatic nitrogens is 1. The van der Waals surface area contributed by atoms with Gasteiger partial charge < -0.3 is 9.84 Å². The number of methoxy groups -OCH3 is 1. The van der Waals surface area contributed by atoms with Crippen molar-refractivity contribution in [2.45, 2.75) is 31.6 Å². The molecule has 1 N–H and O–H groups in total. The van der Waals surface area contributed by atoms with Crippen molar-refractivity contribution in [1.82, 2.24) is 9.88 Å². The lowest BCUT2D eigenvalue weighted by Gasteiger charge is -2.35. The number of carboxylic acid groups (broad SMARTS) is 1. The molecule has 0 amide bonds. The van der Waals surface area contributed by atoms with Gasteiger partial charge in [0.25, 0.3) is 0 Å². The highest BCUT2D eigenvalue weighted by atomic mass is 19.4. The maximum absolute atomic E-state index is 15.4. The van der Waals surface area contributed by atoms with Crippen LogP contribution >= 0.6 is 0 Å². The molecule has 200 valence electrons. The minimum absolute atomic E-state index is 0.181. The van der Waals surface area contributed by atoms with Crippen molar-refractivity contribution in [2.75, 3.05) is 26.7 Å². The Morgan fingerprint density at radius 3 is 2.79 bits per heavy atom. The summed E-state index contributed by atoms with van der Waals surface area (Å²) in [5, 5.41) is 10.5. The molecule has 3 atom stereocenters. The molecular weight excluding hydrogens is 500 g/mol. The van der Waals surface area contributed by atoms with Crippen LogP contribution in [0.1, 0.15) is 42.1 Å². The number of likely N-dealkylation sites (tertiary alicyclic amines) is 1. The van der Waals surface area contributed by atoms with Crippen LogP contribution in [0.25, 0.3) is 10.9 Å². The van der Waals surface area contributed by atoms with Gasteiger partial charge in [-0.3, -0.25) is 14.7 Å². The van der Waals surface area contributed by atoms with Crippen molar-refractivity contribution in [2.24, 2.45) is 11.8 Å². The number of carbonyl (C=O) groups is 1. The molecule has 3 aromatic rings. The van der Waals surface area contributed by atoms with Gasteiger partial charge in [-0.2, -0.15) is 13.2 Å². The van der Waals surface area contributed by atoms with E-state index < -0.39 is 29.8 Å². The van der Waals surface area contributed by atoms with Gasteiger partial charge in [-0.05, 0) is 79.8 Å². The molecule has 9 heteroatoms. The standard InChI is InChI=1S/C29H28F4N2O3/c1-38-22-8-10-27-24(17-22)23(11-13-34-27)26(30)9-7-20-12-15-35(18-25(20)28(36)37)14-3-5-19-4-2-6-21(16-19)29(31,32)33/h2,4,6,8,10-11,13,16-17,20,25-26H,7,9,12,14-15,18H2,1H3,(H,36,37)/t20-,25+,26-/m1/s1. The van der Waals surface area contributed by atoms with Crippen molar-refractivity contribution in [3.05, 3.63) is 71.4 Å². The average molecular weight is 529 g/mol. The second kappa shape index (κ2) is 11.8. The third kappa shape index (κ3) is 6.62. The van der Waals surface area contributed by atoms with Crippen molar-refractivity contribution in [1.29, 1.82) is 0 Å². The summed E-state index contributed by atoms with van der Waals surface area (Å²) in [7, 11) is 1.54. The zero-order valence-corrected chi connectivity index (χ0v) is 20.8. The van der Waals surface area contributed by atoms with Gasteiger partial charge >= 0.3 is 12.1 Å². The summed E-state index contributed by atoms with van der Waals surface area (Å²) < 4.78 is 59.3. The Kier molecular flexibility index (Phi) is 8.52. The van der Waals surface area contributed by atoms with Crippen LogP contribution in [-0.2, 0) is 11.0 Å². The first-order valence-corrected chi connectivity index (χ1v) is 12.3. The number of fused-ring (bicyclic) bond motifs is 1. The van der Waals surface area contributed by atoms with E-state index in [1.165, 1.54) is 12.1 Å². The lowest BCUT2D eigenvalue weighted by Crippen LogP contribution is -2.44. The third-order valence-corrected chi connectivity index (χ3v) is 6.99. The fraction of sp³-hybridized carbons (Fsp3) is 0.379. The first kappa shape index (κ1) is 27.4. The predicted molar refractivity (Wildman–Crippen MR) is 135 cm³/mol. The monoisotopic (exact) mass is 528 g/mol. The zero-order chi connectivity index (χ0) is 27.3. The number of rotatable bonds is 7. The SMILES string of the molecule is COc1ccc2nccc([C@H](F)CC[C@@H]3CCN(CC#Cc4cccc(C(F)(F)F)c4)C[C@@H]3C(=O)O)c2c1. The van der Waals surface area contributed by atoms with Gasteiger partial charge in [-0.25, -0.2) is 4.39 Å². The first-order chi connectivity index (χ1) is 18.2. The van der Waals surface area contributed by atoms with E-state index in [1.807, 2.05) is 4.90 Å². The summed E-state index contributed by atoms with van der Waals surface area (Å²) >= 11 is 0. The van der Waals surface area contributed by atoms with Crippen LogP contribution in [0.5, 0.6) is 5.75 Å². The molecule has 38 heavy (non-hydrogen) atoms. The van der Waals surface area contributed by atoms with Crippen LogP contribution in [0.2, 0.25) is 0 Å². The molecular formula is C29H28F4N2O3. The number of alkyl halides is 4. The Bertz CT molecular complexity index is 1350. The molecule has 2 heterocycles. The molecule has 2 aromatic carbocycles. The minimum atomic E-state index is -4.44. The van der Waals surface area contributed by atoms with Crippen molar-refractivity contribution in [3.8, 4) is 17.6 Å². The highest BCUT2D eigenvalue weighted by Gasteiger charge is 2.34. The number of benzene rings is 2. The molecule has 0 spiro atoms. The van der Waals surface area contributed by atoms with Crippen LogP contribution in [0.15, 0.2) is 54.7 Å². The van der Waals surface area contributed by atoms with Gasteiger partial charge in [0.15, 0.2) is 0 Å². The van der Waals surface area contributed by atoms with E-state index >= 15 is 4.39 Å². The number of carboxylic acids is 1. The Labute approximate surface area is 218 Å². The van der Waals surface area contributed by atoms with Gasteiger partial charge in [0, 0.05) is 23.7 Å². The number of halogens is 4. The molecule has 1 fully saturated rings.